The van der Waals surface area contributed by atoms with Gasteiger partial charge in [0.05, 0.1) is 5.41 Å². The van der Waals surface area contributed by atoms with Crippen molar-refractivity contribution < 1.29 is 9.59 Å². The molecule has 1 atom stereocenters. The average Bonchev–Trinajstić information content (AvgIpc) is 3.26. The first-order chi connectivity index (χ1) is 13.0. The van der Waals surface area contributed by atoms with Crippen LogP contribution in [0, 0.1) is 12.3 Å². The third-order valence-electron chi connectivity index (χ3n) is 5.96. The first-order valence-corrected chi connectivity index (χ1v) is 9.61. The van der Waals surface area contributed by atoms with Crippen LogP contribution in [0.1, 0.15) is 40.9 Å². The third-order valence-corrected chi connectivity index (χ3v) is 5.96. The lowest BCUT2D eigenvalue weighted by molar-refractivity contribution is -0.146. The Kier molecular flexibility index (Phi) is 4.50. The van der Waals surface area contributed by atoms with E-state index in [1.54, 1.807) is 24.0 Å². The molecule has 0 aliphatic carbocycles. The number of carbonyl (C=O) groups is 2. The molecule has 1 aromatic heterocycles. The quantitative estimate of drug-likeness (QED) is 0.838. The predicted molar refractivity (Wildman–Crippen MR) is 102 cm³/mol. The van der Waals surface area contributed by atoms with Gasteiger partial charge in [0.1, 0.15) is 5.69 Å². The molecule has 142 valence electrons. The summed E-state index contributed by atoms with van der Waals surface area (Å²) >= 11 is 0. The van der Waals surface area contributed by atoms with Crippen LogP contribution in [0.4, 0.5) is 0 Å². The van der Waals surface area contributed by atoms with Gasteiger partial charge >= 0.3 is 0 Å². The van der Waals surface area contributed by atoms with Crippen molar-refractivity contribution in [2.24, 2.45) is 12.5 Å². The van der Waals surface area contributed by atoms with Crippen molar-refractivity contribution in [2.75, 3.05) is 19.6 Å². The molecule has 1 aromatic carbocycles. The van der Waals surface area contributed by atoms with Gasteiger partial charge in [0.2, 0.25) is 5.91 Å². The summed E-state index contributed by atoms with van der Waals surface area (Å²) in [5, 5.41) is 4.09. The summed E-state index contributed by atoms with van der Waals surface area (Å²) < 4.78 is 1.60. The largest absolute Gasteiger partial charge is 0.338 e. The van der Waals surface area contributed by atoms with E-state index >= 15 is 0 Å². The maximum Gasteiger partial charge on any atom is 0.272 e. The van der Waals surface area contributed by atoms with Gasteiger partial charge in [-0.15, -0.1) is 0 Å². The molecule has 0 unspecified atom stereocenters. The minimum atomic E-state index is -0.420. The van der Waals surface area contributed by atoms with E-state index in [1.165, 1.54) is 11.1 Å². The smallest absolute Gasteiger partial charge is 0.272 e. The van der Waals surface area contributed by atoms with E-state index in [4.69, 9.17) is 0 Å². The van der Waals surface area contributed by atoms with E-state index in [-0.39, 0.29) is 11.8 Å². The molecule has 6 nitrogen and oxygen atoms in total. The zero-order valence-corrected chi connectivity index (χ0v) is 16.0. The number of rotatable bonds is 3. The van der Waals surface area contributed by atoms with Gasteiger partial charge in [-0.05, 0) is 37.8 Å². The van der Waals surface area contributed by atoms with Crippen molar-refractivity contribution in [3.05, 3.63) is 53.3 Å². The fourth-order valence-corrected chi connectivity index (χ4v) is 4.50. The summed E-state index contributed by atoms with van der Waals surface area (Å²) in [6.07, 6.45) is 4.24. The number of nitrogens with zero attached hydrogens (tertiary/aromatic N) is 4. The molecule has 0 bridgehead atoms. The fourth-order valence-electron chi connectivity index (χ4n) is 4.50. The first-order valence-electron chi connectivity index (χ1n) is 9.61. The van der Waals surface area contributed by atoms with Crippen LogP contribution in [0.25, 0.3) is 0 Å². The number of benzene rings is 1. The normalized spacial score (nSPS) is 22.7. The molecule has 0 N–H and O–H groups in total. The number of likely N-dealkylation sites (tertiary alicyclic amines) is 2. The summed E-state index contributed by atoms with van der Waals surface area (Å²) in [7, 11) is 1.77. The monoisotopic (exact) mass is 366 g/mol. The van der Waals surface area contributed by atoms with Gasteiger partial charge in [0.25, 0.3) is 5.91 Å². The molecule has 2 aromatic rings. The van der Waals surface area contributed by atoms with Crippen LogP contribution in [0.3, 0.4) is 0 Å². The highest BCUT2D eigenvalue weighted by Crippen LogP contribution is 2.40. The highest BCUT2D eigenvalue weighted by Gasteiger charge is 2.49. The van der Waals surface area contributed by atoms with Gasteiger partial charge in [-0.3, -0.25) is 14.3 Å². The van der Waals surface area contributed by atoms with Crippen LogP contribution >= 0.6 is 0 Å². The number of hydrogen-bond acceptors (Lipinski definition) is 3. The van der Waals surface area contributed by atoms with Gasteiger partial charge in [-0.25, -0.2) is 0 Å². The molecule has 1 spiro atoms. The third kappa shape index (κ3) is 3.24. The Hall–Kier alpha value is -2.63. The molecule has 6 heteroatoms. The Bertz CT molecular complexity index is 875. The van der Waals surface area contributed by atoms with Crippen molar-refractivity contribution in [2.45, 2.75) is 32.7 Å². The van der Waals surface area contributed by atoms with E-state index in [0.29, 0.717) is 25.3 Å². The molecule has 2 saturated heterocycles. The Labute approximate surface area is 159 Å². The lowest BCUT2D eigenvalue weighted by Gasteiger charge is -2.39. The molecule has 2 aliphatic heterocycles. The van der Waals surface area contributed by atoms with Crippen LogP contribution < -0.4 is 0 Å². The minimum Gasteiger partial charge on any atom is -0.338 e. The van der Waals surface area contributed by atoms with Gasteiger partial charge in [0, 0.05) is 39.4 Å². The van der Waals surface area contributed by atoms with E-state index in [2.05, 4.69) is 30.2 Å². The number of amides is 2. The molecule has 0 saturated carbocycles. The summed E-state index contributed by atoms with van der Waals surface area (Å²) in [5.41, 5.74) is 2.53. The van der Waals surface area contributed by atoms with Crippen molar-refractivity contribution in [3.63, 3.8) is 0 Å². The first kappa shape index (κ1) is 17.8. The number of aromatic nitrogens is 2. The maximum absolute atomic E-state index is 13.3. The van der Waals surface area contributed by atoms with Crippen molar-refractivity contribution in [3.8, 4) is 0 Å². The standard InChI is InChI=1S/C21H26N4O2/c1-16-5-3-6-17(13-16)14-24-11-4-8-21(20(24)27)9-12-25(15-21)19(26)18-7-10-22-23(18)2/h3,5-7,10,13H,4,8-9,11-12,14-15H2,1-2H3/t21-/m1/s1. The molecule has 4 rings (SSSR count). The summed E-state index contributed by atoms with van der Waals surface area (Å²) in [4.78, 5) is 29.9. The van der Waals surface area contributed by atoms with Crippen molar-refractivity contribution >= 4 is 11.8 Å². The Morgan fingerprint density at radius 2 is 2.07 bits per heavy atom. The van der Waals surface area contributed by atoms with E-state index < -0.39 is 5.41 Å². The predicted octanol–water partition coefficient (Wildman–Crippen LogP) is 2.38. The van der Waals surface area contributed by atoms with Gasteiger partial charge in [-0.2, -0.15) is 5.10 Å². The number of piperidine rings is 1. The number of carbonyl (C=O) groups excluding carboxylic acids is 2. The molecule has 27 heavy (non-hydrogen) atoms. The van der Waals surface area contributed by atoms with E-state index in [0.717, 1.165) is 25.8 Å². The number of hydrogen-bond donors (Lipinski definition) is 0. The molecule has 2 amide bonds. The molecule has 3 heterocycles. The highest BCUT2D eigenvalue weighted by atomic mass is 16.2. The maximum atomic E-state index is 13.3. The molecule has 2 fully saturated rings. The van der Waals surface area contributed by atoms with Crippen LogP contribution in [0.5, 0.6) is 0 Å². The van der Waals surface area contributed by atoms with Gasteiger partial charge in [0.15, 0.2) is 0 Å². The van der Waals surface area contributed by atoms with Crippen LogP contribution in [-0.4, -0.2) is 51.0 Å². The van der Waals surface area contributed by atoms with Gasteiger partial charge < -0.3 is 9.80 Å². The van der Waals surface area contributed by atoms with E-state index in [1.807, 2.05) is 15.9 Å². The molecular weight excluding hydrogens is 340 g/mol. The molecular formula is C21H26N4O2. The fraction of sp³-hybridized carbons (Fsp3) is 0.476. The Morgan fingerprint density at radius 1 is 1.22 bits per heavy atom. The topological polar surface area (TPSA) is 58.4 Å². The van der Waals surface area contributed by atoms with Gasteiger partial charge in [-0.1, -0.05) is 29.8 Å². The van der Waals surface area contributed by atoms with Crippen molar-refractivity contribution in [1.82, 2.24) is 19.6 Å². The number of aryl methyl sites for hydroxylation is 2. The summed E-state index contributed by atoms with van der Waals surface area (Å²) in [6.45, 7) is 4.66. The second kappa shape index (κ2) is 6.83. The van der Waals surface area contributed by atoms with Crippen LogP contribution in [0.2, 0.25) is 0 Å². The average molecular weight is 366 g/mol. The second-order valence-electron chi connectivity index (χ2n) is 7.92. The zero-order chi connectivity index (χ0) is 19.0. The van der Waals surface area contributed by atoms with Crippen LogP contribution in [-0.2, 0) is 18.4 Å². The van der Waals surface area contributed by atoms with E-state index in [9.17, 15) is 9.59 Å². The summed E-state index contributed by atoms with van der Waals surface area (Å²) in [5.74, 6) is 0.172. The molecule has 2 aliphatic rings. The highest BCUT2D eigenvalue weighted by molar-refractivity contribution is 5.94. The Balaban J connectivity index is 1.49. The zero-order valence-electron chi connectivity index (χ0n) is 16.0. The minimum absolute atomic E-state index is 0.0320. The molecule has 0 radical (unpaired) electrons. The lowest BCUT2D eigenvalue weighted by Crippen LogP contribution is -2.50. The summed E-state index contributed by atoms with van der Waals surface area (Å²) in [6, 6.07) is 10.1. The lowest BCUT2D eigenvalue weighted by atomic mass is 9.78. The Morgan fingerprint density at radius 3 is 2.81 bits per heavy atom. The van der Waals surface area contributed by atoms with Crippen LogP contribution in [0.15, 0.2) is 36.5 Å². The SMILES string of the molecule is Cc1cccc(CN2CCC[C@]3(CCN(C(=O)c4ccnn4C)C3)C2=O)c1. The van der Waals surface area contributed by atoms with Crippen molar-refractivity contribution in [1.29, 1.82) is 0 Å². The second-order valence-corrected chi connectivity index (χ2v) is 7.92.